The van der Waals surface area contributed by atoms with Gasteiger partial charge in [0.25, 0.3) is 0 Å². The lowest BCUT2D eigenvalue weighted by atomic mass is 9.89. The molecular formula is C18H18FN5S. The molecule has 0 amide bonds. The highest BCUT2D eigenvalue weighted by molar-refractivity contribution is 7.99. The third kappa shape index (κ3) is 3.00. The second-order valence-electron chi connectivity index (χ2n) is 6.06. The number of aliphatic imine (C=N–C) groups is 1. The van der Waals surface area contributed by atoms with Crippen molar-refractivity contribution in [1.29, 1.82) is 0 Å². The van der Waals surface area contributed by atoms with Crippen molar-refractivity contribution >= 4 is 17.5 Å². The van der Waals surface area contributed by atoms with Crippen LogP contribution >= 0.6 is 11.8 Å². The molecule has 2 aliphatic rings. The van der Waals surface area contributed by atoms with Crippen LogP contribution in [0.4, 0.5) is 4.39 Å². The average molecular weight is 355 g/mol. The van der Waals surface area contributed by atoms with Crippen LogP contribution in [0.2, 0.25) is 0 Å². The van der Waals surface area contributed by atoms with E-state index in [2.05, 4.69) is 21.4 Å². The van der Waals surface area contributed by atoms with Gasteiger partial charge in [-0.05, 0) is 42.7 Å². The summed E-state index contributed by atoms with van der Waals surface area (Å²) < 4.78 is 14.7. The average Bonchev–Trinajstić information content (AvgIpc) is 3.06. The maximum absolute atomic E-state index is 14.7. The van der Waals surface area contributed by atoms with Crippen LogP contribution in [0.15, 0.2) is 69.2 Å². The Balaban J connectivity index is 1.67. The molecule has 1 aromatic heterocycles. The van der Waals surface area contributed by atoms with E-state index in [0.717, 1.165) is 29.0 Å². The molecule has 7 heteroatoms. The highest BCUT2D eigenvalue weighted by Gasteiger charge is 2.40. The minimum Gasteiger partial charge on any atom is -0.306 e. The van der Waals surface area contributed by atoms with Gasteiger partial charge in [-0.2, -0.15) is 0 Å². The molecule has 5 N–H and O–H groups in total. The molecule has 0 saturated carbocycles. The maximum Gasteiger partial charge on any atom is 0.153 e. The number of nitrogens with two attached hydrogens (primary N) is 2. The number of hydrogen-bond donors (Lipinski definition) is 3. The molecule has 2 unspecified atom stereocenters. The van der Waals surface area contributed by atoms with Gasteiger partial charge in [0.1, 0.15) is 11.5 Å². The monoisotopic (exact) mass is 355 g/mol. The van der Waals surface area contributed by atoms with E-state index in [0.29, 0.717) is 10.5 Å². The Morgan fingerprint density at radius 1 is 1.24 bits per heavy atom. The van der Waals surface area contributed by atoms with E-state index in [1.165, 1.54) is 17.8 Å². The Kier molecular flexibility index (Phi) is 4.16. The summed E-state index contributed by atoms with van der Waals surface area (Å²) in [5.41, 5.74) is 14.0. The first kappa shape index (κ1) is 16.4. The zero-order valence-corrected chi connectivity index (χ0v) is 14.3. The Hall–Kier alpha value is -2.06. The van der Waals surface area contributed by atoms with Crippen molar-refractivity contribution in [2.45, 2.75) is 34.6 Å². The van der Waals surface area contributed by atoms with Crippen molar-refractivity contribution in [2.24, 2.45) is 16.5 Å². The molecule has 0 saturated heterocycles. The Bertz CT molecular complexity index is 867. The molecule has 0 radical (unpaired) electrons. The lowest BCUT2D eigenvalue weighted by Crippen LogP contribution is -2.61. The van der Waals surface area contributed by atoms with Crippen LogP contribution in [0.5, 0.6) is 0 Å². The second-order valence-corrected chi connectivity index (χ2v) is 7.17. The first-order valence-corrected chi connectivity index (χ1v) is 8.86. The van der Waals surface area contributed by atoms with Crippen LogP contribution in [0.1, 0.15) is 18.4 Å². The maximum atomic E-state index is 14.7. The zero-order chi connectivity index (χ0) is 17.4. The fourth-order valence-electron chi connectivity index (χ4n) is 3.24. The van der Waals surface area contributed by atoms with Crippen molar-refractivity contribution in [3.63, 3.8) is 0 Å². The molecule has 4 rings (SSSR count). The van der Waals surface area contributed by atoms with Crippen LogP contribution in [0.3, 0.4) is 0 Å². The SMILES string of the molecule is NC1N=C2CCC=C2C(N)(c2ccc(Sc3ccncc3)c(F)c2)N1. The topological polar surface area (TPSA) is 89.3 Å². The van der Waals surface area contributed by atoms with Gasteiger partial charge in [0.15, 0.2) is 6.29 Å². The molecule has 1 aromatic carbocycles. The van der Waals surface area contributed by atoms with Gasteiger partial charge in [0.05, 0.1) is 0 Å². The molecule has 0 fully saturated rings. The van der Waals surface area contributed by atoms with Crippen LogP contribution in [0.25, 0.3) is 0 Å². The largest absolute Gasteiger partial charge is 0.306 e. The van der Waals surface area contributed by atoms with E-state index < -0.39 is 12.0 Å². The van der Waals surface area contributed by atoms with Crippen LogP contribution in [-0.2, 0) is 5.66 Å². The molecule has 5 nitrogen and oxygen atoms in total. The first-order valence-electron chi connectivity index (χ1n) is 8.04. The fourth-order valence-corrected chi connectivity index (χ4v) is 4.04. The lowest BCUT2D eigenvalue weighted by molar-refractivity contribution is 0.348. The molecule has 2 aromatic rings. The molecule has 0 spiro atoms. The van der Waals surface area contributed by atoms with E-state index in [1.54, 1.807) is 18.5 Å². The first-order chi connectivity index (χ1) is 12.1. The summed E-state index contributed by atoms with van der Waals surface area (Å²) >= 11 is 1.35. The molecule has 2 atom stereocenters. The van der Waals surface area contributed by atoms with E-state index in [9.17, 15) is 4.39 Å². The molecule has 25 heavy (non-hydrogen) atoms. The van der Waals surface area contributed by atoms with Gasteiger partial charge in [-0.15, -0.1) is 0 Å². The zero-order valence-electron chi connectivity index (χ0n) is 13.4. The van der Waals surface area contributed by atoms with Gasteiger partial charge in [-0.1, -0.05) is 23.9 Å². The summed E-state index contributed by atoms with van der Waals surface area (Å²) in [6.45, 7) is 0. The van der Waals surface area contributed by atoms with Crippen molar-refractivity contribution < 1.29 is 4.39 Å². The molecule has 1 aliphatic carbocycles. The minimum absolute atomic E-state index is 0.317. The van der Waals surface area contributed by atoms with E-state index in [4.69, 9.17) is 11.5 Å². The minimum atomic E-state index is -1.02. The molecule has 128 valence electrons. The van der Waals surface area contributed by atoms with Crippen molar-refractivity contribution in [3.05, 3.63) is 65.8 Å². The summed E-state index contributed by atoms with van der Waals surface area (Å²) in [5, 5.41) is 3.09. The standard InChI is InChI=1S/C18H18FN5S/c19-14-10-11(4-5-16(14)25-12-6-8-22-9-7-12)18(21)13-2-1-3-15(13)23-17(20)24-18/h2,4-10,17,24H,1,3,20-21H2. The van der Waals surface area contributed by atoms with Crippen LogP contribution in [0, 0.1) is 5.82 Å². The fraction of sp³-hybridized carbons (Fsp3) is 0.222. The third-order valence-electron chi connectivity index (χ3n) is 4.40. The quantitative estimate of drug-likeness (QED) is 0.787. The number of benzene rings is 1. The number of aromatic nitrogens is 1. The van der Waals surface area contributed by atoms with Gasteiger partial charge in [0.2, 0.25) is 0 Å². The number of allylic oxidation sites excluding steroid dienone is 1. The van der Waals surface area contributed by atoms with Crippen LogP contribution in [-0.4, -0.2) is 17.0 Å². The summed E-state index contributed by atoms with van der Waals surface area (Å²) in [4.78, 5) is 9.82. The van der Waals surface area contributed by atoms with Gasteiger partial charge >= 0.3 is 0 Å². The molecule has 0 bridgehead atoms. The van der Waals surface area contributed by atoms with Crippen molar-refractivity contribution in [1.82, 2.24) is 10.3 Å². The number of fused-ring (bicyclic) bond motifs is 1. The molecule has 2 heterocycles. The van der Waals surface area contributed by atoms with Crippen molar-refractivity contribution in [2.75, 3.05) is 0 Å². The number of halogens is 1. The number of pyridine rings is 1. The normalized spacial score (nSPS) is 25.3. The van der Waals surface area contributed by atoms with Gasteiger partial charge in [-0.25, -0.2) is 4.39 Å². The highest BCUT2D eigenvalue weighted by Crippen LogP contribution is 2.36. The third-order valence-corrected chi connectivity index (χ3v) is 5.46. The number of nitrogens with one attached hydrogen (secondary N) is 1. The van der Waals surface area contributed by atoms with Gasteiger partial charge in [0, 0.05) is 33.5 Å². The Labute approximate surface area is 149 Å². The van der Waals surface area contributed by atoms with E-state index >= 15 is 0 Å². The summed E-state index contributed by atoms with van der Waals surface area (Å²) in [7, 11) is 0. The summed E-state index contributed by atoms with van der Waals surface area (Å²) in [5.74, 6) is -0.317. The number of rotatable bonds is 3. The van der Waals surface area contributed by atoms with Crippen LogP contribution < -0.4 is 16.8 Å². The second kappa shape index (κ2) is 6.34. The predicted octanol–water partition coefficient (Wildman–Crippen LogP) is 2.49. The smallest absolute Gasteiger partial charge is 0.153 e. The van der Waals surface area contributed by atoms with E-state index in [1.807, 2.05) is 18.2 Å². The lowest BCUT2D eigenvalue weighted by Gasteiger charge is -2.38. The van der Waals surface area contributed by atoms with Gasteiger partial charge in [-0.3, -0.25) is 21.0 Å². The molecular weight excluding hydrogens is 337 g/mol. The molecule has 1 aliphatic heterocycles. The predicted molar refractivity (Wildman–Crippen MR) is 96.5 cm³/mol. The van der Waals surface area contributed by atoms with Crippen molar-refractivity contribution in [3.8, 4) is 0 Å². The summed E-state index contributed by atoms with van der Waals surface area (Å²) in [6.07, 6.45) is 6.52. The van der Waals surface area contributed by atoms with Gasteiger partial charge < -0.3 is 5.73 Å². The van der Waals surface area contributed by atoms with E-state index in [-0.39, 0.29) is 5.82 Å². The summed E-state index contributed by atoms with van der Waals surface area (Å²) in [6, 6.07) is 8.75. The Morgan fingerprint density at radius 2 is 2.04 bits per heavy atom. The Morgan fingerprint density at radius 3 is 2.80 bits per heavy atom. The number of hydrogen-bond acceptors (Lipinski definition) is 6. The number of nitrogens with zero attached hydrogens (tertiary/aromatic N) is 2. The highest BCUT2D eigenvalue weighted by atomic mass is 32.2.